The number of fused-ring (bicyclic) bond motifs is 1. The second kappa shape index (κ2) is 5.26. The molecule has 5 atom stereocenters. The molecule has 3 aliphatic rings. The molecule has 3 nitrogen and oxygen atoms in total. The highest BCUT2D eigenvalue weighted by Crippen LogP contribution is 2.68. The maximum absolute atomic E-state index is 12.1. The molecule has 1 aliphatic heterocycles. The van der Waals surface area contributed by atoms with Crippen molar-refractivity contribution in [2.45, 2.75) is 78.4 Å². The van der Waals surface area contributed by atoms with E-state index in [0.29, 0.717) is 29.9 Å². The van der Waals surface area contributed by atoms with Crippen LogP contribution in [0.15, 0.2) is 0 Å². The second-order valence-electron chi connectivity index (χ2n) is 8.10. The molecule has 0 aromatic rings. The Labute approximate surface area is 129 Å². The minimum atomic E-state index is 0.215. The first-order valence-electron chi connectivity index (χ1n) is 8.86. The van der Waals surface area contributed by atoms with Gasteiger partial charge in [-0.2, -0.15) is 0 Å². The summed E-state index contributed by atoms with van der Waals surface area (Å²) in [4.78, 5) is 12.1. The van der Waals surface area contributed by atoms with Crippen molar-refractivity contribution in [3.05, 3.63) is 0 Å². The van der Waals surface area contributed by atoms with Gasteiger partial charge in [0.25, 0.3) is 0 Å². The summed E-state index contributed by atoms with van der Waals surface area (Å²) in [6, 6.07) is 0.337. The van der Waals surface area contributed by atoms with Crippen molar-refractivity contribution >= 4 is 5.91 Å². The molecule has 120 valence electrons. The molecule has 3 rings (SSSR count). The summed E-state index contributed by atoms with van der Waals surface area (Å²) < 4.78 is 6.11. The van der Waals surface area contributed by atoms with Crippen LogP contribution in [0.25, 0.3) is 0 Å². The van der Waals surface area contributed by atoms with Gasteiger partial charge in [0, 0.05) is 19.1 Å². The number of carbonyl (C=O) groups is 1. The summed E-state index contributed by atoms with van der Waals surface area (Å²) in [6.07, 6.45) is 7.11. The molecule has 2 saturated carbocycles. The first-order chi connectivity index (χ1) is 9.95. The van der Waals surface area contributed by atoms with Crippen molar-refractivity contribution in [2.24, 2.45) is 22.7 Å². The van der Waals surface area contributed by atoms with Crippen LogP contribution >= 0.6 is 0 Å². The third kappa shape index (κ3) is 2.15. The quantitative estimate of drug-likeness (QED) is 0.861. The summed E-state index contributed by atoms with van der Waals surface area (Å²) in [5, 5.41) is 3.41. The topological polar surface area (TPSA) is 38.3 Å². The van der Waals surface area contributed by atoms with E-state index in [9.17, 15) is 4.79 Å². The Kier molecular flexibility index (Phi) is 3.84. The predicted molar refractivity (Wildman–Crippen MR) is 83.9 cm³/mol. The predicted octanol–water partition coefficient (Wildman–Crippen LogP) is 3.52. The highest BCUT2D eigenvalue weighted by Gasteiger charge is 2.68. The van der Waals surface area contributed by atoms with Gasteiger partial charge >= 0.3 is 0 Å². The lowest BCUT2D eigenvalue weighted by Gasteiger charge is -2.53. The van der Waals surface area contributed by atoms with Crippen molar-refractivity contribution in [1.29, 1.82) is 0 Å². The minimum absolute atomic E-state index is 0.215. The molecule has 1 amide bonds. The number of carbonyl (C=O) groups excluding carboxylic acids is 1. The molecule has 1 N–H and O–H groups in total. The van der Waals surface area contributed by atoms with Gasteiger partial charge in [-0.05, 0) is 48.3 Å². The SMILES string of the molecule is CCC[C@H]1OCCC23C[C@@H](C[C@H]12)C(C)(C)[C@@H]3NC(=O)CC. The summed E-state index contributed by atoms with van der Waals surface area (Å²) in [5.41, 5.74) is 0.534. The van der Waals surface area contributed by atoms with E-state index in [1.165, 1.54) is 25.7 Å². The average Bonchev–Trinajstić information content (AvgIpc) is 2.93. The third-order valence-corrected chi connectivity index (χ3v) is 6.82. The van der Waals surface area contributed by atoms with Crippen LogP contribution < -0.4 is 5.32 Å². The standard InChI is InChI=1S/C18H31NO2/c1-5-7-14-13-10-12-11-18(13,8-9-21-14)16(17(12,3)4)19-15(20)6-2/h12-14,16H,5-11H2,1-4H3,(H,19,20)/t12-,13-,14-,16+,18?/m1/s1. The zero-order valence-electron chi connectivity index (χ0n) is 14.1. The van der Waals surface area contributed by atoms with E-state index >= 15 is 0 Å². The number of amides is 1. The molecular weight excluding hydrogens is 262 g/mol. The van der Waals surface area contributed by atoms with E-state index < -0.39 is 0 Å². The van der Waals surface area contributed by atoms with E-state index in [0.717, 1.165) is 18.9 Å². The van der Waals surface area contributed by atoms with Crippen molar-refractivity contribution in [3.8, 4) is 0 Å². The van der Waals surface area contributed by atoms with Crippen LogP contribution in [0, 0.1) is 22.7 Å². The van der Waals surface area contributed by atoms with E-state index in [-0.39, 0.29) is 11.3 Å². The van der Waals surface area contributed by atoms with E-state index in [1.807, 2.05) is 6.92 Å². The minimum Gasteiger partial charge on any atom is -0.378 e. The first-order valence-corrected chi connectivity index (χ1v) is 8.86. The molecule has 3 fully saturated rings. The van der Waals surface area contributed by atoms with Crippen molar-refractivity contribution in [2.75, 3.05) is 6.61 Å². The van der Waals surface area contributed by atoms with Crippen LogP contribution in [-0.2, 0) is 9.53 Å². The fourth-order valence-corrected chi connectivity index (χ4v) is 5.74. The maximum Gasteiger partial charge on any atom is 0.219 e. The molecule has 2 aliphatic carbocycles. The van der Waals surface area contributed by atoms with E-state index in [1.54, 1.807) is 0 Å². The molecule has 0 aromatic carbocycles. The molecule has 1 unspecified atom stereocenters. The number of nitrogens with one attached hydrogen (secondary N) is 1. The van der Waals surface area contributed by atoms with Gasteiger partial charge in [0.2, 0.25) is 5.91 Å². The molecule has 1 spiro atoms. The van der Waals surface area contributed by atoms with Crippen LogP contribution in [0.3, 0.4) is 0 Å². The van der Waals surface area contributed by atoms with Gasteiger partial charge in [-0.1, -0.05) is 34.1 Å². The largest absolute Gasteiger partial charge is 0.378 e. The molecule has 1 saturated heterocycles. The van der Waals surface area contributed by atoms with Crippen LogP contribution in [0.2, 0.25) is 0 Å². The summed E-state index contributed by atoms with van der Waals surface area (Å²) in [7, 11) is 0. The Bertz CT molecular complexity index is 417. The molecule has 1 heterocycles. The Morgan fingerprint density at radius 1 is 1.33 bits per heavy atom. The van der Waals surface area contributed by atoms with Gasteiger partial charge in [0.05, 0.1) is 6.10 Å². The van der Waals surface area contributed by atoms with E-state index in [4.69, 9.17) is 4.74 Å². The van der Waals surface area contributed by atoms with E-state index in [2.05, 4.69) is 26.1 Å². The number of hydrogen-bond donors (Lipinski definition) is 1. The summed E-state index contributed by atoms with van der Waals surface area (Å²) in [5.74, 6) is 1.62. The summed E-state index contributed by atoms with van der Waals surface area (Å²) >= 11 is 0. The zero-order chi connectivity index (χ0) is 15.3. The van der Waals surface area contributed by atoms with Crippen molar-refractivity contribution < 1.29 is 9.53 Å². The number of ether oxygens (including phenoxy) is 1. The molecular formula is C18H31NO2. The maximum atomic E-state index is 12.1. The highest BCUT2D eigenvalue weighted by molar-refractivity contribution is 5.76. The van der Waals surface area contributed by atoms with Crippen LogP contribution in [0.4, 0.5) is 0 Å². The highest BCUT2D eigenvalue weighted by atomic mass is 16.5. The lowest BCUT2D eigenvalue weighted by atomic mass is 9.59. The van der Waals surface area contributed by atoms with Gasteiger partial charge < -0.3 is 10.1 Å². The van der Waals surface area contributed by atoms with Crippen molar-refractivity contribution in [1.82, 2.24) is 5.32 Å². The molecule has 3 heteroatoms. The molecule has 2 bridgehead atoms. The number of rotatable bonds is 4. The number of hydrogen-bond acceptors (Lipinski definition) is 2. The Morgan fingerprint density at radius 2 is 2.10 bits per heavy atom. The molecule has 0 radical (unpaired) electrons. The summed E-state index contributed by atoms with van der Waals surface area (Å²) in [6.45, 7) is 9.82. The first kappa shape index (κ1) is 15.3. The third-order valence-electron chi connectivity index (χ3n) is 6.82. The van der Waals surface area contributed by atoms with Crippen molar-refractivity contribution in [3.63, 3.8) is 0 Å². The lowest BCUT2D eigenvalue weighted by Crippen LogP contribution is -2.60. The van der Waals surface area contributed by atoms with Gasteiger partial charge in [-0.15, -0.1) is 0 Å². The zero-order valence-corrected chi connectivity index (χ0v) is 14.1. The van der Waals surface area contributed by atoms with Gasteiger partial charge in [0.15, 0.2) is 0 Å². The van der Waals surface area contributed by atoms with Gasteiger partial charge in [0.1, 0.15) is 0 Å². The Morgan fingerprint density at radius 3 is 2.76 bits per heavy atom. The average molecular weight is 293 g/mol. The smallest absolute Gasteiger partial charge is 0.219 e. The molecule has 0 aromatic heterocycles. The molecule has 21 heavy (non-hydrogen) atoms. The Hall–Kier alpha value is -0.570. The van der Waals surface area contributed by atoms with Crippen LogP contribution in [0.1, 0.15) is 66.2 Å². The fraction of sp³-hybridized carbons (Fsp3) is 0.944. The lowest BCUT2D eigenvalue weighted by molar-refractivity contribution is -0.137. The second-order valence-corrected chi connectivity index (χ2v) is 8.10. The van der Waals surface area contributed by atoms with Gasteiger partial charge in [-0.25, -0.2) is 0 Å². The Balaban J connectivity index is 1.90. The van der Waals surface area contributed by atoms with Gasteiger partial charge in [-0.3, -0.25) is 4.79 Å². The van der Waals surface area contributed by atoms with Crippen LogP contribution in [-0.4, -0.2) is 24.7 Å². The normalized spacial score (nSPS) is 43.6. The van der Waals surface area contributed by atoms with Crippen LogP contribution in [0.5, 0.6) is 0 Å². The fourth-order valence-electron chi connectivity index (χ4n) is 5.74. The monoisotopic (exact) mass is 293 g/mol.